The van der Waals surface area contributed by atoms with E-state index in [-0.39, 0.29) is 17.5 Å². The van der Waals surface area contributed by atoms with E-state index in [0.717, 1.165) is 11.4 Å². The van der Waals surface area contributed by atoms with Crippen molar-refractivity contribution in [3.05, 3.63) is 57.3 Å². The fraction of sp³-hybridized carbons (Fsp3) is 0.316. The second-order valence-electron chi connectivity index (χ2n) is 6.69. The predicted octanol–water partition coefficient (Wildman–Crippen LogP) is 2.57. The summed E-state index contributed by atoms with van der Waals surface area (Å²) < 4.78 is 3.31. The van der Waals surface area contributed by atoms with Crippen LogP contribution in [0.2, 0.25) is 0 Å². The van der Waals surface area contributed by atoms with E-state index in [0.29, 0.717) is 32.9 Å². The molecule has 4 aromatic heterocycles. The van der Waals surface area contributed by atoms with Gasteiger partial charge in [-0.1, -0.05) is 6.07 Å². The number of carbonyl (C=O) groups is 1. The summed E-state index contributed by atoms with van der Waals surface area (Å²) in [6.07, 6.45) is 6.11. The van der Waals surface area contributed by atoms with Crippen LogP contribution in [-0.4, -0.2) is 42.1 Å². The average molecular weight is 429 g/mol. The van der Waals surface area contributed by atoms with Crippen molar-refractivity contribution in [2.24, 2.45) is 7.05 Å². The number of amides is 1. The first-order valence-electron chi connectivity index (χ1n) is 9.05. The minimum absolute atomic E-state index is 0.148. The molecule has 0 bridgehead atoms. The van der Waals surface area contributed by atoms with Crippen molar-refractivity contribution in [3.63, 3.8) is 0 Å². The normalized spacial score (nSPS) is 12.5. The highest BCUT2D eigenvalue weighted by Gasteiger charge is 2.24. The first-order chi connectivity index (χ1) is 14.0. The molecule has 0 aromatic carbocycles. The lowest BCUT2D eigenvalue weighted by atomic mass is 10.1. The molecule has 4 rings (SSSR count). The van der Waals surface area contributed by atoms with Crippen LogP contribution in [0.15, 0.2) is 35.5 Å². The Kier molecular flexibility index (Phi) is 5.37. The van der Waals surface area contributed by atoms with E-state index >= 15 is 0 Å². The number of nitrogens with zero attached hydrogens (tertiary/aromatic N) is 5. The largest absolute Gasteiger partial charge is 0.341 e. The molecular formula is C19H20N6O2S2. The first kappa shape index (κ1) is 19.6. The second kappa shape index (κ2) is 7.96. The Morgan fingerprint density at radius 2 is 2.17 bits per heavy atom. The third-order valence-corrected chi connectivity index (χ3v) is 6.63. The molecule has 150 valence electrons. The molecule has 4 aromatic rings. The maximum atomic E-state index is 13.1. The van der Waals surface area contributed by atoms with E-state index in [4.69, 9.17) is 0 Å². The van der Waals surface area contributed by atoms with Gasteiger partial charge in [0.05, 0.1) is 22.6 Å². The van der Waals surface area contributed by atoms with Crippen LogP contribution in [-0.2, 0) is 7.05 Å². The molecule has 0 aliphatic heterocycles. The molecule has 1 unspecified atom stereocenters. The number of rotatable bonds is 6. The van der Waals surface area contributed by atoms with E-state index in [1.165, 1.54) is 22.2 Å². The highest BCUT2D eigenvalue weighted by Crippen LogP contribution is 2.28. The Bertz CT molecular complexity index is 1260. The molecule has 0 aliphatic rings. The van der Waals surface area contributed by atoms with Crippen LogP contribution in [0.25, 0.3) is 15.9 Å². The van der Waals surface area contributed by atoms with Crippen LogP contribution in [0.3, 0.4) is 0 Å². The van der Waals surface area contributed by atoms with Gasteiger partial charge in [-0.05, 0) is 43.0 Å². The van der Waals surface area contributed by atoms with Crippen molar-refractivity contribution in [2.45, 2.75) is 19.4 Å². The summed E-state index contributed by atoms with van der Waals surface area (Å²) in [5, 5.41) is 12.1. The number of nitrogens with one attached hydrogen (secondary N) is 1. The lowest BCUT2D eigenvalue weighted by Crippen LogP contribution is -2.30. The number of hydrogen-bond donors (Lipinski definition) is 1. The van der Waals surface area contributed by atoms with Crippen molar-refractivity contribution in [2.75, 3.05) is 12.0 Å². The number of aromatic nitrogens is 5. The minimum Gasteiger partial charge on any atom is -0.341 e. The number of thiophene rings is 1. The van der Waals surface area contributed by atoms with E-state index in [9.17, 15) is 9.59 Å². The highest BCUT2D eigenvalue weighted by molar-refractivity contribution is 7.98. The lowest BCUT2D eigenvalue weighted by Gasteiger charge is -2.16. The van der Waals surface area contributed by atoms with Crippen molar-refractivity contribution < 1.29 is 4.79 Å². The van der Waals surface area contributed by atoms with Gasteiger partial charge in [-0.15, -0.1) is 21.5 Å². The van der Waals surface area contributed by atoms with Crippen molar-refractivity contribution in [3.8, 4) is 0 Å². The summed E-state index contributed by atoms with van der Waals surface area (Å²) in [4.78, 5) is 31.0. The molecule has 1 amide bonds. The zero-order valence-electron chi connectivity index (χ0n) is 16.2. The fourth-order valence-corrected chi connectivity index (χ4v) is 4.76. The zero-order valence-corrected chi connectivity index (χ0v) is 17.9. The molecule has 1 N–H and O–H groups in total. The van der Waals surface area contributed by atoms with Gasteiger partial charge in [0.15, 0.2) is 11.5 Å². The highest BCUT2D eigenvalue weighted by atomic mass is 32.2. The van der Waals surface area contributed by atoms with Crippen molar-refractivity contribution >= 4 is 44.9 Å². The molecule has 4 heterocycles. The SMILES string of the molecule is CSCCC(NC(=O)c1sc2ncn(C)c(=O)c2c1C)c1nnc2ccccn12. The van der Waals surface area contributed by atoms with Crippen molar-refractivity contribution in [1.82, 2.24) is 29.5 Å². The van der Waals surface area contributed by atoms with E-state index in [1.807, 2.05) is 35.1 Å². The molecule has 10 heteroatoms. The Balaban J connectivity index is 1.70. The third kappa shape index (κ3) is 3.53. The van der Waals surface area contributed by atoms with Gasteiger partial charge < -0.3 is 9.88 Å². The molecule has 29 heavy (non-hydrogen) atoms. The van der Waals surface area contributed by atoms with Crippen LogP contribution in [0.5, 0.6) is 0 Å². The van der Waals surface area contributed by atoms with Crippen LogP contribution in [0.1, 0.15) is 33.5 Å². The second-order valence-corrected chi connectivity index (χ2v) is 8.68. The summed E-state index contributed by atoms with van der Waals surface area (Å²) >= 11 is 2.94. The number of thioether (sulfide) groups is 1. The maximum Gasteiger partial charge on any atom is 0.262 e. The number of hydrogen-bond acceptors (Lipinski definition) is 7. The fourth-order valence-electron chi connectivity index (χ4n) is 3.25. The van der Waals surface area contributed by atoms with Gasteiger partial charge in [-0.3, -0.25) is 14.0 Å². The average Bonchev–Trinajstić information content (AvgIpc) is 3.29. The first-order valence-corrected chi connectivity index (χ1v) is 11.3. The minimum atomic E-state index is -0.298. The van der Waals surface area contributed by atoms with Crippen molar-refractivity contribution in [1.29, 1.82) is 0 Å². The summed E-state index contributed by atoms with van der Waals surface area (Å²) in [7, 11) is 1.65. The molecule has 0 radical (unpaired) electrons. The van der Waals surface area contributed by atoms with Crippen LogP contribution < -0.4 is 10.9 Å². The quantitative estimate of drug-likeness (QED) is 0.507. The molecule has 1 atom stereocenters. The summed E-state index contributed by atoms with van der Waals surface area (Å²) in [6.45, 7) is 1.79. The molecular weight excluding hydrogens is 408 g/mol. The summed E-state index contributed by atoms with van der Waals surface area (Å²) in [6, 6.07) is 5.39. The molecule has 0 spiro atoms. The molecule has 0 saturated carbocycles. The maximum absolute atomic E-state index is 13.1. The standard InChI is InChI=1S/C19H20N6O2S2/c1-11-14-18(20-10-24(2)19(14)27)29-15(11)17(26)21-12(7-9-28-3)16-23-22-13-6-4-5-8-25(13)16/h4-6,8,10,12H,7,9H2,1-3H3,(H,21,26). The number of aryl methyl sites for hydroxylation is 2. The number of carbonyl (C=O) groups excluding carboxylic acids is 1. The van der Waals surface area contributed by atoms with Gasteiger partial charge in [-0.25, -0.2) is 4.98 Å². The zero-order chi connectivity index (χ0) is 20.5. The summed E-state index contributed by atoms with van der Waals surface area (Å²) in [5.41, 5.74) is 1.24. The van der Waals surface area contributed by atoms with Crippen LogP contribution in [0.4, 0.5) is 0 Å². The van der Waals surface area contributed by atoms with Crippen LogP contribution >= 0.6 is 23.1 Å². The summed E-state index contributed by atoms with van der Waals surface area (Å²) in [5.74, 6) is 1.32. The molecule has 0 fully saturated rings. The lowest BCUT2D eigenvalue weighted by molar-refractivity contribution is 0.0937. The smallest absolute Gasteiger partial charge is 0.262 e. The molecule has 0 saturated heterocycles. The molecule has 8 nitrogen and oxygen atoms in total. The van der Waals surface area contributed by atoms with Gasteiger partial charge in [-0.2, -0.15) is 11.8 Å². The molecule has 0 aliphatic carbocycles. The van der Waals surface area contributed by atoms with Gasteiger partial charge in [0.2, 0.25) is 0 Å². The van der Waals surface area contributed by atoms with Gasteiger partial charge in [0.1, 0.15) is 4.83 Å². The third-order valence-electron chi connectivity index (χ3n) is 4.78. The topological polar surface area (TPSA) is 94.2 Å². The Hall–Kier alpha value is -2.72. The Labute approximate surface area is 175 Å². The van der Waals surface area contributed by atoms with E-state index in [2.05, 4.69) is 20.5 Å². The predicted molar refractivity (Wildman–Crippen MR) is 116 cm³/mol. The Morgan fingerprint density at radius 1 is 1.34 bits per heavy atom. The van der Waals surface area contributed by atoms with Gasteiger partial charge in [0, 0.05) is 13.2 Å². The Morgan fingerprint density at radius 3 is 2.97 bits per heavy atom. The van der Waals surface area contributed by atoms with Gasteiger partial charge >= 0.3 is 0 Å². The number of pyridine rings is 1. The van der Waals surface area contributed by atoms with Gasteiger partial charge in [0.25, 0.3) is 11.5 Å². The monoisotopic (exact) mass is 428 g/mol. The van der Waals surface area contributed by atoms with Crippen LogP contribution in [0, 0.1) is 6.92 Å². The van der Waals surface area contributed by atoms with E-state index < -0.39 is 0 Å². The number of fused-ring (bicyclic) bond motifs is 2. The van der Waals surface area contributed by atoms with E-state index in [1.54, 1.807) is 25.7 Å².